The Balaban J connectivity index is 2.24. The lowest BCUT2D eigenvalue weighted by atomic mass is 10.0. The molecule has 2 N–H and O–H groups in total. The molecule has 1 aromatic heterocycles. The van der Waals surface area contributed by atoms with Crippen molar-refractivity contribution in [1.29, 1.82) is 0 Å². The molecule has 0 amide bonds. The van der Waals surface area contributed by atoms with Gasteiger partial charge in [0.15, 0.2) is 5.11 Å². The van der Waals surface area contributed by atoms with Gasteiger partial charge in [-0.2, -0.15) is 0 Å². The molecule has 0 saturated heterocycles. The van der Waals surface area contributed by atoms with Gasteiger partial charge in [-0.3, -0.25) is 0 Å². The molecule has 0 aliphatic carbocycles. The lowest BCUT2D eigenvalue weighted by Crippen LogP contribution is -2.44. The van der Waals surface area contributed by atoms with Crippen molar-refractivity contribution < 1.29 is 9.53 Å². The standard InChI is InChI=1S/C16H19ClN2O2S2/c1-5-16(2,3)19-15(22)18-9-6-7-10-11(8-9)23-13(12(10)17)14(20)21-4/h6-8H,5H2,1-4H3,(H2,18,19,22). The molecule has 2 aromatic rings. The largest absolute Gasteiger partial charge is 0.465 e. The fourth-order valence-electron chi connectivity index (χ4n) is 1.92. The highest BCUT2D eigenvalue weighted by atomic mass is 35.5. The second-order valence-electron chi connectivity index (χ2n) is 5.76. The molecular formula is C16H19ClN2O2S2. The van der Waals surface area contributed by atoms with E-state index in [0.29, 0.717) is 15.0 Å². The summed E-state index contributed by atoms with van der Waals surface area (Å²) in [6.07, 6.45) is 0.955. The number of carbonyl (C=O) groups excluding carboxylic acids is 1. The third-order valence-corrected chi connectivity index (χ3v) is 5.44. The van der Waals surface area contributed by atoms with Crippen molar-refractivity contribution in [1.82, 2.24) is 5.32 Å². The minimum atomic E-state index is -0.424. The molecule has 124 valence electrons. The molecular weight excluding hydrogens is 352 g/mol. The van der Waals surface area contributed by atoms with Gasteiger partial charge in [0.1, 0.15) is 4.88 Å². The highest BCUT2D eigenvalue weighted by molar-refractivity contribution is 7.80. The number of methoxy groups -OCH3 is 1. The number of carbonyl (C=O) groups is 1. The van der Waals surface area contributed by atoms with Crippen LogP contribution in [0.25, 0.3) is 10.1 Å². The van der Waals surface area contributed by atoms with E-state index >= 15 is 0 Å². The summed E-state index contributed by atoms with van der Waals surface area (Å²) in [6, 6.07) is 5.68. The molecule has 0 aliphatic rings. The molecule has 0 aliphatic heterocycles. The quantitative estimate of drug-likeness (QED) is 0.597. The van der Waals surface area contributed by atoms with E-state index in [9.17, 15) is 4.79 Å². The summed E-state index contributed by atoms with van der Waals surface area (Å²) in [6.45, 7) is 6.28. The van der Waals surface area contributed by atoms with Gasteiger partial charge in [0, 0.05) is 21.3 Å². The second kappa shape index (κ2) is 7.03. The molecule has 0 saturated carbocycles. The third kappa shape index (κ3) is 4.13. The van der Waals surface area contributed by atoms with E-state index in [0.717, 1.165) is 22.2 Å². The van der Waals surface area contributed by atoms with Crippen LogP contribution in [-0.4, -0.2) is 23.7 Å². The van der Waals surface area contributed by atoms with Crippen molar-refractivity contribution in [3.63, 3.8) is 0 Å². The van der Waals surface area contributed by atoms with Crippen LogP contribution >= 0.6 is 35.2 Å². The number of nitrogens with one attached hydrogen (secondary N) is 2. The van der Waals surface area contributed by atoms with Crippen LogP contribution in [0.1, 0.15) is 36.9 Å². The van der Waals surface area contributed by atoms with Crippen LogP contribution in [0.2, 0.25) is 5.02 Å². The van der Waals surface area contributed by atoms with Gasteiger partial charge in [0.25, 0.3) is 0 Å². The van der Waals surface area contributed by atoms with Crippen molar-refractivity contribution in [2.75, 3.05) is 12.4 Å². The highest BCUT2D eigenvalue weighted by Crippen LogP contribution is 2.37. The van der Waals surface area contributed by atoms with Crippen molar-refractivity contribution in [3.8, 4) is 0 Å². The van der Waals surface area contributed by atoms with E-state index in [2.05, 4.69) is 31.4 Å². The maximum atomic E-state index is 11.7. The summed E-state index contributed by atoms with van der Waals surface area (Å²) < 4.78 is 5.65. The Kier molecular flexibility index (Phi) is 5.49. The van der Waals surface area contributed by atoms with Gasteiger partial charge in [0.2, 0.25) is 0 Å². The Morgan fingerprint density at radius 2 is 2.13 bits per heavy atom. The van der Waals surface area contributed by atoms with Gasteiger partial charge in [-0.25, -0.2) is 4.79 Å². The first-order valence-electron chi connectivity index (χ1n) is 7.17. The lowest BCUT2D eigenvalue weighted by Gasteiger charge is -2.26. The molecule has 1 aromatic carbocycles. The summed E-state index contributed by atoms with van der Waals surface area (Å²) >= 11 is 12.9. The number of esters is 1. The Morgan fingerprint density at radius 3 is 2.74 bits per heavy atom. The lowest BCUT2D eigenvalue weighted by molar-refractivity contribution is 0.0606. The number of thiocarbonyl (C=S) groups is 1. The minimum Gasteiger partial charge on any atom is -0.465 e. The fourth-order valence-corrected chi connectivity index (χ4v) is 3.78. The smallest absolute Gasteiger partial charge is 0.349 e. The van der Waals surface area contributed by atoms with Crippen LogP contribution in [0.15, 0.2) is 18.2 Å². The number of hydrogen-bond donors (Lipinski definition) is 2. The zero-order valence-corrected chi connectivity index (χ0v) is 15.8. The number of fused-ring (bicyclic) bond motifs is 1. The maximum absolute atomic E-state index is 11.7. The molecule has 7 heteroatoms. The molecule has 2 rings (SSSR count). The van der Waals surface area contributed by atoms with E-state index in [1.54, 1.807) is 0 Å². The van der Waals surface area contributed by atoms with E-state index in [-0.39, 0.29) is 5.54 Å². The van der Waals surface area contributed by atoms with E-state index in [4.69, 9.17) is 28.6 Å². The molecule has 0 unspecified atom stereocenters. The Morgan fingerprint density at radius 1 is 1.43 bits per heavy atom. The summed E-state index contributed by atoms with van der Waals surface area (Å²) in [5.74, 6) is -0.424. The number of ether oxygens (including phenoxy) is 1. The predicted octanol–water partition coefficient (Wildman–Crippen LogP) is 4.82. The summed E-state index contributed by atoms with van der Waals surface area (Å²) in [5, 5.41) is 8.25. The first-order chi connectivity index (χ1) is 10.8. The highest BCUT2D eigenvalue weighted by Gasteiger charge is 2.18. The Labute approximate surface area is 150 Å². The number of halogens is 1. The normalized spacial score (nSPS) is 11.3. The Bertz CT molecular complexity index is 756. The predicted molar refractivity (Wildman–Crippen MR) is 102 cm³/mol. The zero-order chi connectivity index (χ0) is 17.2. The molecule has 23 heavy (non-hydrogen) atoms. The average Bonchev–Trinajstić information content (AvgIpc) is 2.82. The van der Waals surface area contributed by atoms with Crippen molar-refractivity contribution >= 4 is 62.0 Å². The zero-order valence-electron chi connectivity index (χ0n) is 13.5. The Hall–Kier alpha value is -1.37. The van der Waals surface area contributed by atoms with E-state index in [1.165, 1.54) is 18.4 Å². The molecule has 4 nitrogen and oxygen atoms in total. The van der Waals surface area contributed by atoms with Gasteiger partial charge >= 0.3 is 5.97 Å². The van der Waals surface area contributed by atoms with Crippen molar-refractivity contribution in [2.45, 2.75) is 32.7 Å². The van der Waals surface area contributed by atoms with E-state index in [1.807, 2.05) is 18.2 Å². The van der Waals surface area contributed by atoms with Gasteiger partial charge < -0.3 is 15.4 Å². The average molecular weight is 371 g/mol. The van der Waals surface area contributed by atoms with Crippen molar-refractivity contribution in [3.05, 3.63) is 28.1 Å². The van der Waals surface area contributed by atoms with Crippen LogP contribution in [0.4, 0.5) is 5.69 Å². The monoisotopic (exact) mass is 370 g/mol. The first-order valence-corrected chi connectivity index (χ1v) is 8.77. The number of benzene rings is 1. The number of thiophene rings is 1. The van der Waals surface area contributed by atoms with Gasteiger partial charge in [-0.1, -0.05) is 18.5 Å². The molecule has 0 radical (unpaired) electrons. The summed E-state index contributed by atoms with van der Waals surface area (Å²) in [7, 11) is 1.34. The SMILES string of the molecule is CCC(C)(C)NC(=S)Nc1ccc2c(Cl)c(C(=O)OC)sc2c1. The van der Waals surface area contributed by atoms with Crippen LogP contribution in [0, 0.1) is 0 Å². The van der Waals surface area contributed by atoms with Crippen LogP contribution in [0.3, 0.4) is 0 Å². The number of anilines is 1. The topological polar surface area (TPSA) is 50.4 Å². The molecule has 1 heterocycles. The maximum Gasteiger partial charge on any atom is 0.349 e. The third-order valence-electron chi connectivity index (χ3n) is 3.59. The molecule has 0 bridgehead atoms. The number of hydrogen-bond acceptors (Lipinski definition) is 4. The molecule has 0 fully saturated rings. The van der Waals surface area contributed by atoms with Gasteiger partial charge in [0.05, 0.1) is 12.1 Å². The minimum absolute atomic E-state index is 0.0710. The van der Waals surface area contributed by atoms with Crippen LogP contribution in [0.5, 0.6) is 0 Å². The van der Waals surface area contributed by atoms with Crippen LogP contribution in [-0.2, 0) is 4.74 Å². The summed E-state index contributed by atoms with van der Waals surface area (Å²) in [4.78, 5) is 12.1. The van der Waals surface area contributed by atoms with Gasteiger partial charge in [-0.15, -0.1) is 11.3 Å². The van der Waals surface area contributed by atoms with Crippen LogP contribution < -0.4 is 10.6 Å². The van der Waals surface area contributed by atoms with Gasteiger partial charge in [-0.05, 0) is 50.7 Å². The molecule has 0 atom stereocenters. The first kappa shape index (κ1) is 18.0. The number of rotatable bonds is 4. The van der Waals surface area contributed by atoms with Crippen molar-refractivity contribution in [2.24, 2.45) is 0 Å². The summed E-state index contributed by atoms with van der Waals surface area (Å²) in [5.41, 5.74) is 0.773. The molecule has 0 spiro atoms. The van der Waals surface area contributed by atoms with E-state index < -0.39 is 5.97 Å². The fraction of sp³-hybridized carbons (Fsp3) is 0.375. The second-order valence-corrected chi connectivity index (χ2v) is 7.60.